The highest BCUT2D eigenvalue weighted by atomic mass is 79.9. The van der Waals surface area contributed by atoms with E-state index in [0.29, 0.717) is 23.7 Å². The van der Waals surface area contributed by atoms with E-state index in [9.17, 15) is 4.79 Å². The highest BCUT2D eigenvalue weighted by Gasteiger charge is 2.15. The fourth-order valence-corrected chi connectivity index (χ4v) is 2.60. The van der Waals surface area contributed by atoms with E-state index in [1.807, 2.05) is 61.2 Å². The molecule has 0 bridgehead atoms. The van der Waals surface area contributed by atoms with Gasteiger partial charge in [0.25, 0.3) is 5.91 Å². The Labute approximate surface area is 138 Å². The molecule has 110 valence electrons. The zero-order valence-corrected chi connectivity index (χ0v) is 14.4. The van der Waals surface area contributed by atoms with Crippen LogP contribution in [0, 0.1) is 6.92 Å². The van der Waals surface area contributed by atoms with E-state index in [2.05, 4.69) is 15.9 Å². The molecular weight excluding hydrogens is 350 g/mol. The highest BCUT2D eigenvalue weighted by Crippen LogP contribution is 2.19. The minimum absolute atomic E-state index is 0.0353. The van der Waals surface area contributed by atoms with Gasteiger partial charge >= 0.3 is 0 Å². The Morgan fingerprint density at radius 1 is 1.24 bits per heavy atom. The summed E-state index contributed by atoms with van der Waals surface area (Å²) in [4.78, 5) is 14.4. The summed E-state index contributed by atoms with van der Waals surface area (Å²) in [5.74, 6) is 0.0353. The third-order valence-electron chi connectivity index (χ3n) is 3.34. The maximum Gasteiger partial charge on any atom is 0.254 e. The van der Waals surface area contributed by atoms with Crippen LogP contribution < -0.4 is 0 Å². The van der Waals surface area contributed by atoms with Crippen molar-refractivity contribution in [2.45, 2.75) is 20.4 Å². The summed E-state index contributed by atoms with van der Waals surface area (Å²) in [6.45, 7) is 5.17. The van der Waals surface area contributed by atoms with E-state index in [4.69, 9.17) is 11.6 Å². The average molecular weight is 367 g/mol. The van der Waals surface area contributed by atoms with E-state index in [1.165, 1.54) is 0 Å². The lowest BCUT2D eigenvalue weighted by atomic mass is 10.1. The van der Waals surface area contributed by atoms with Gasteiger partial charge in [0.1, 0.15) is 0 Å². The van der Waals surface area contributed by atoms with Crippen molar-refractivity contribution in [2.24, 2.45) is 0 Å². The maximum atomic E-state index is 12.6. The summed E-state index contributed by atoms with van der Waals surface area (Å²) in [6, 6.07) is 13.3. The summed E-state index contributed by atoms with van der Waals surface area (Å²) in [7, 11) is 0. The molecule has 2 aromatic carbocycles. The van der Waals surface area contributed by atoms with E-state index >= 15 is 0 Å². The second-order valence-electron chi connectivity index (χ2n) is 4.91. The van der Waals surface area contributed by atoms with Gasteiger partial charge in [-0.3, -0.25) is 4.79 Å². The zero-order chi connectivity index (χ0) is 15.4. The summed E-state index contributed by atoms with van der Waals surface area (Å²) in [5, 5.41) is 0.690. The fraction of sp³-hybridized carbons (Fsp3) is 0.235. The summed E-state index contributed by atoms with van der Waals surface area (Å²) >= 11 is 9.45. The second kappa shape index (κ2) is 7.10. The lowest BCUT2D eigenvalue weighted by Crippen LogP contribution is -2.30. The fourth-order valence-electron chi connectivity index (χ4n) is 2.14. The maximum absolute atomic E-state index is 12.6. The van der Waals surface area contributed by atoms with Gasteiger partial charge in [-0.1, -0.05) is 39.7 Å². The van der Waals surface area contributed by atoms with Crippen molar-refractivity contribution >= 4 is 33.4 Å². The average Bonchev–Trinajstić information content (AvgIpc) is 2.47. The van der Waals surface area contributed by atoms with Crippen LogP contribution in [0.25, 0.3) is 0 Å². The van der Waals surface area contributed by atoms with Gasteiger partial charge in [0.2, 0.25) is 0 Å². The van der Waals surface area contributed by atoms with Gasteiger partial charge in [0.05, 0.1) is 0 Å². The molecule has 0 radical (unpaired) electrons. The molecule has 0 heterocycles. The first kappa shape index (κ1) is 16.1. The molecule has 0 aliphatic carbocycles. The number of hydrogen-bond acceptors (Lipinski definition) is 1. The number of benzene rings is 2. The molecule has 0 spiro atoms. The van der Waals surface area contributed by atoms with Crippen LogP contribution in [0.2, 0.25) is 5.02 Å². The smallest absolute Gasteiger partial charge is 0.254 e. The van der Waals surface area contributed by atoms with Gasteiger partial charge in [-0.05, 0) is 55.3 Å². The van der Waals surface area contributed by atoms with Crippen LogP contribution in [0.4, 0.5) is 0 Å². The second-order valence-corrected chi connectivity index (χ2v) is 6.20. The Hall–Kier alpha value is -1.32. The topological polar surface area (TPSA) is 20.3 Å². The largest absolute Gasteiger partial charge is 0.335 e. The van der Waals surface area contributed by atoms with E-state index in [-0.39, 0.29) is 5.91 Å². The molecule has 0 saturated carbocycles. The van der Waals surface area contributed by atoms with Crippen LogP contribution in [0.3, 0.4) is 0 Å². The molecule has 2 nitrogen and oxygen atoms in total. The first-order chi connectivity index (χ1) is 10.0. The molecule has 0 N–H and O–H groups in total. The van der Waals surface area contributed by atoms with Gasteiger partial charge < -0.3 is 4.90 Å². The number of rotatable bonds is 4. The molecule has 0 aliphatic rings. The molecule has 4 heteroatoms. The highest BCUT2D eigenvalue weighted by molar-refractivity contribution is 9.10. The SMILES string of the molecule is CCN(Cc1cccc(Cl)c1)C(=O)c1ccc(Br)c(C)c1. The lowest BCUT2D eigenvalue weighted by Gasteiger charge is -2.21. The van der Waals surface area contributed by atoms with Crippen LogP contribution in [-0.4, -0.2) is 17.4 Å². The van der Waals surface area contributed by atoms with Crippen molar-refractivity contribution in [1.82, 2.24) is 4.90 Å². The Balaban J connectivity index is 2.20. The van der Waals surface area contributed by atoms with Crippen LogP contribution in [0.15, 0.2) is 46.9 Å². The molecule has 0 atom stereocenters. The predicted molar refractivity (Wildman–Crippen MR) is 90.7 cm³/mol. The van der Waals surface area contributed by atoms with E-state index in [0.717, 1.165) is 15.6 Å². The van der Waals surface area contributed by atoms with Gasteiger partial charge in [0.15, 0.2) is 0 Å². The van der Waals surface area contributed by atoms with Crippen LogP contribution in [-0.2, 0) is 6.54 Å². The Bertz CT molecular complexity index is 657. The summed E-state index contributed by atoms with van der Waals surface area (Å²) in [6.07, 6.45) is 0. The van der Waals surface area contributed by atoms with E-state index in [1.54, 1.807) is 0 Å². The summed E-state index contributed by atoms with van der Waals surface area (Å²) < 4.78 is 1.01. The normalized spacial score (nSPS) is 10.5. The van der Waals surface area contributed by atoms with E-state index < -0.39 is 0 Å². The zero-order valence-electron chi connectivity index (χ0n) is 12.1. The van der Waals surface area contributed by atoms with Crippen molar-refractivity contribution in [3.63, 3.8) is 0 Å². The first-order valence-electron chi connectivity index (χ1n) is 6.81. The molecule has 1 amide bonds. The number of nitrogens with zero attached hydrogens (tertiary/aromatic N) is 1. The molecule has 2 rings (SSSR count). The van der Waals surface area contributed by atoms with Gasteiger partial charge in [-0.25, -0.2) is 0 Å². The molecule has 0 saturated heterocycles. The third kappa shape index (κ3) is 4.08. The molecule has 0 aliphatic heterocycles. The standard InChI is InChI=1S/C17H17BrClNO/c1-3-20(11-13-5-4-6-15(19)10-13)17(21)14-7-8-16(18)12(2)9-14/h4-10H,3,11H2,1-2H3. The van der Waals surface area contributed by atoms with Crippen LogP contribution in [0.5, 0.6) is 0 Å². The molecule has 0 fully saturated rings. The third-order valence-corrected chi connectivity index (χ3v) is 4.46. The monoisotopic (exact) mass is 365 g/mol. The molecule has 0 unspecified atom stereocenters. The van der Waals surface area contributed by atoms with Crippen molar-refractivity contribution in [3.8, 4) is 0 Å². The lowest BCUT2D eigenvalue weighted by molar-refractivity contribution is 0.0752. The number of hydrogen-bond donors (Lipinski definition) is 0. The summed E-state index contributed by atoms with van der Waals surface area (Å²) in [5.41, 5.74) is 2.80. The minimum atomic E-state index is 0.0353. The van der Waals surface area contributed by atoms with Crippen molar-refractivity contribution < 1.29 is 4.79 Å². The van der Waals surface area contributed by atoms with Crippen molar-refractivity contribution in [1.29, 1.82) is 0 Å². The van der Waals surface area contributed by atoms with Crippen molar-refractivity contribution in [3.05, 3.63) is 68.7 Å². The van der Waals surface area contributed by atoms with Crippen molar-refractivity contribution in [2.75, 3.05) is 6.54 Å². The number of carbonyl (C=O) groups excluding carboxylic acids is 1. The molecule has 2 aromatic rings. The van der Waals surface area contributed by atoms with Gasteiger partial charge in [-0.2, -0.15) is 0 Å². The first-order valence-corrected chi connectivity index (χ1v) is 7.98. The molecular formula is C17H17BrClNO. The van der Waals surface area contributed by atoms with Gasteiger partial charge in [0, 0.05) is 28.1 Å². The van der Waals surface area contributed by atoms with Crippen LogP contribution in [0.1, 0.15) is 28.4 Å². The number of amides is 1. The molecule has 0 aromatic heterocycles. The molecule has 21 heavy (non-hydrogen) atoms. The number of carbonyl (C=O) groups is 1. The quantitative estimate of drug-likeness (QED) is 0.739. The number of aryl methyl sites for hydroxylation is 1. The predicted octanol–water partition coefficient (Wildman–Crippen LogP) is 5.07. The van der Waals surface area contributed by atoms with Gasteiger partial charge in [-0.15, -0.1) is 0 Å². The Morgan fingerprint density at radius 2 is 2.00 bits per heavy atom. The van der Waals surface area contributed by atoms with Crippen LogP contribution >= 0.6 is 27.5 Å². The Kier molecular flexibility index (Phi) is 5.43. The number of halogens is 2. The Morgan fingerprint density at radius 3 is 2.62 bits per heavy atom. The minimum Gasteiger partial charge on any atom is -0.335 e.